The Kier molecular flexibility index (Phi) is 2.33. The predicted octanol–water partition coefficient (Wildman–Crippen LogP) is 4.14. The van der Waals surface area contributed by atoms with E-state index >= 15 is 0 Å². The molecule has 0 unspecified atom stereocenters. The van der Waals surface area contributed by atoms with Crippen LogP contribution in [0, 0.1) is 0 Å². The van der Waals surface area contributed by atoms with E-state index < -0.39 is 0 Å². The van der Waals surface area contributed by atoms with Crippen LogP contribution in [0.15, 0.2) is 48.1 Å². The van der Waals surface area contributed by atoms with Gasteiger partial charge in [0.25, 0.3) is 0 Å². The number of rotatable bonds is 1. The normalized spacial score (nSPS) is 17.7. The minimum Gasteiger partial charge on any atom is -0.357 e. The van der Waals surface area contributed by atoms with Gasteiger partial charge in [0.05, 0.1) is 5.56 Å². The molecule has 1 aliphatic rings. The van der Waals surface area contributed by atoms with Gasteiger partial charge in [0, 0.05) is 27.6 Å². The number of ketones is 1. The van der Waals surface area contributed by atoms with Crippen LogP contribution in [0.2, 0.25) is 0 Å². The summed E-state index contributed by atoms with van der Waals surface area (Å²) >= 11 is 0. The molecule has 19 heavy (non-hydrogen) atoms. The molecule has 1 aliphatic carbocycles. The van der Waals surface area contributed by atoms with E-state index in [1.807, 2.05) is 31.2 Å². The number of benzene rings is 1. The third-order valence-corrected chi connectivity index (χ3v) is 4.35. The smallest absolute Gasteiger partial charge is 0.195 e. The van der Waals surface area contributed by atoms with Crippen molar-refractivity contribution >= 4 is 16.7 Å². The number of para-hydroxylation sites is 1. The Balaban J connectivity index is 2.44. The minimum atomic E-state index is -0.175. The van der Waals surface area contributed by atoms with E-state index in [-0.39, 0.29) is 11.2 Å². The first-order valence-electron chi connectivity index (χ1n) is 6.48. The molecule has 0 radical (unpaired) electrons. The van der Waals surface area contributed by atoms with Crippen molar-refractivity contribution in [3.8, 4) is 0 Å². The third kappa shape index (κ3) is 1.40. The molecule has 2 aromatic rings. The van der Waals surface area contributed by atoms with Gasteiger partial charge >= 0.3 is 0 Å². The third-order valence-electron chi connectivity index (χ3n) is 4.35. The van der Waals surface area contributed by atoms with Gasteiger partial charge in [-0.05, 0) is 13.0 Å². The first-order valence-corrected chi connectivity index (χ1v) is 6.48. The van der Waals surface area contributed by atoms with E-state index in [1.54, 1.807) is 6.08 Å². The lowest BCUT2D eigenvalue weighted by molar-refractivity contribution is 0.103. The Morgan fingerprint density at radius 1 is 1.26 bits per heavy atom. The zero-order valence-electron chi connectivity index (χ0n) is 11.5. The molecule has 0 saturated heterocycles. The van der Waals surface area contributed by atoms with Crippen LogP contribution in [0.4, 0.5) is 0 Å². The number of allylic oxidation sites excluding steroid dienone is 3. The molecule has 1 aromatic heterocycles. The van der Waals surface area contributed by atoms with Crippen molar-refractivity contribution < 1.29 is 4.79 Å². The highest BCUT2D eigenvalue weighted by Crippen LogP contribution is 2.43. The number of H-pyrrole nitrogens is 1. The molecule has 0 aliphatic heterocycles. The average Bonchev–Trinajstić information content (AvgIpc) is 2.78. The molecule has 3 rings (SSSR count). The first kappa shape index (κ1) is 12.0. The summed E-state index contributed by atoms with van der Waals surface area (Å²) in [6.07, 6.45) is 1.68. The van der Waals surface area contributed by atoms with Gasteiger partial charge < -0.3 is 4.98 Å². The van der Waals surface area contributed by atoms with Crippen molar-refractivity contribution in [2.45, 2.75) is 26.2 Å². The van der Waals surface area contributed by atoms with Crippen molar-refractivity contribution in [3.05, 3.63) is 59.3 Å². The van der Waals surface area contributed by atoms with Crippen molar-refractivity contribution in [2.24, 2.45) is 0 Å². The molecular weight excluding hydrogens is 234 g/mol. The molecule has 0 bridgehead atoms. The monoisotopic (exact) mass is 251 g/mol. The van der Waals surface area contributed by atoms with Crippen LogP contribution in [0.5, 0.6) is 0 Å². The molecule has 2 heteroatoms. The van der Waals surface area contributed by atoms with E-state index in [0.29, 0.717) is 0 Å². The molecule has 0 atom stereocenters. The van der Waals surface area contributed by atoms with Gasteiger partial charge in [0.1, 0.15) is 0 Å². The van der Waals surface area contributed by atoms with Gasteiger partial charge in [-0.3, -0.25) is 4.79 Å². The summed E-state index contributed by atoms with van der Waals surface area (Å²) in [5.74, 6) is 0.0827. The van der Waals surface area contributed by atoms with E-state index in [1.165, 1.54) is 0 Å². The fourth-order valence-corrected chi connectivity index (χ4v) is 2.92. The first-order chi connectivity index (χ1) is 8.98. The standard InChI is InChI=1S/C17H17NO/c1-5-11-10(2)17(3,4)16-14(15(11)19)12-8-6-7-9-13(12)18-16/h5-9,18H,1H2,2-4H3. The van der Waals surface area contributed by atoms with E-state index in [0.717, 1.165) is 33.3 Å². The summed E-state index contributed by atoms with van der Waals surface area (Å²) in [4.78, 5) is 16.1. The molecule has 0 spiro atoms. The topological polar surface area (TPSA) is 32.9 Å². The zero-order valence-corrected chi connectivity index (χ0v) is 11.5. The molecule has 0 saturated carbocycles. The van der Waals surface area contributed by atoms with Crippen LogP contribution in [-0.4, -0.2) is 10.8 Å². The Morgan fingerprint density at radius 2 is 1.95 bits per heavy atom. The van der Waals surface area contributed by atoms with Crippen molar-refractivity contribution in [1.29, 1.82) is 0 Å². The number of hydrogen-bond acceptors (Lipinski definition) is 1. The van der Waals surface area contributed by atoms with Crippen LogP contribution in [0.3, 0.4) is 0 Å². The Hall–Kier alpha value is -2.09. The summed E-state index contributed by atoms with van der Waals surface area (Å²) in [5, 5.41) is 1.00. The molecule has 96 valence electrons. The van der Waals surface area contributed by atoms with Crippen LogP contribution in [0.25, 0.3) is 10.9 Å². The highest BCUT2D eigenvalue weighted by Gasteiger charge is 2.38. The number of carbonyl (C=O) groups is 1. The van der Waals surface area contributed by atoms with Crippen LogP contribution in [0.1, 0.15) is 36.8 Å². The molecule has 0 amide bonds. The zero-order chi connectivity index (χ0) is 13.8. The van der Waals surface area contributed by atoms with Gasteiger partial charge in [-0.2, -0.15) is 0 Å². The number of nitrogens with one attached hydrogen (secondary N) is 1. The lowest BCUT2D eigenvalue weighted by atomic mass is 9.72. The Labute approximate surface area is 112 Å². The van der Waals surface area contributed by atoms with Gasteiger partial charge in [-0.15, -0.1) is 0 Å². The fraction of sp³-hybridized carbons (Fsp3) is 0.235. The highest BCUT2D eigenvalue weighted by atomic mass is 16.1. The second-order valence-electron chi connectivity index (χ2n) is 5.62. The number of aromatic nitrogens is 1. The lowest BCUT2D eigenvalue weighted by Gasteiger charge is -2.32. The molecular formula is C17H17NO. The maximum atomic E-state index is 12.7. The number of hydrogen-bond donors (Lipinski definition) is 1. The summed E-state index contributed by atoms with van der Waals surface area (Å²) in [5.41, 5.74) is 4.48. The van der Waals surface area contributed by atoms with Gasteiger partial charge in [-0.1, -0.05) is 50.3 Å². The summed E-state index contributed by atoms with van der Waals surface area (Å²) < 4.78 is 0. The number of Topliss-reactive ketones (excluding diaryl/α,β-unsaturated/α-hetero) is 1. The molecule has 1 aromatic carbocycles. The largest absolute Gasteiger partial charge is 0.357 e. The van der Waals surface area contributed by atoms with E-state index in [4.69, 9.17) is 0 Å². The average molecular weight is 251 g/mol. The number of aromatic amines is 1. The van der Waals surface area contributed by atoms with Crippen LogP contribution in [-0.2, 0) is 5.41 Å². The van der Waals surface area contributed by atoms with Gasteiger partial charge in [0.2, 0.25) is 0 Å². The fourth-order valence-electron chi connectivity index (χ4n) is 2.92. The van der Waals surface area contributed by atoms with E-state index in [2.05, 4.69) is 25.4 Å². The Morgan fingerprint density at radius 3 is 2.63 bits per heavy atom. The number of fused-ring (bicyclic) bond motifs is 3. The maximum absolute atomic E-state index is 12.7. The second-order valence-corrected chi connectivity index (χ2v) is 5.62. The summed E-state index contributed by atoms with van der Waals surface area (Å²) in [7, 11) is 0. The molecule has 1 N–H and O–H groups in total. The maximum Gasteiger partial charge on any atom is 0.195 e. The minimum absolute atomic E-state index is 0.0827. The summed E-state index contributed by atoms with van der Waals surface area (Å²) in [6.45, 7) is 10.1. The number of carbonyl (C=O) groups excluding carboxylic acids is 1. The molecule has 2 nitrogen and oxygen atoms in total. The molecule has 1 heterocycles. The highest BCUT2D eigenvalue weighted by molar-refractivity contribution is 6.20. The lowest BCUT2D eigenvalue weighted by Crippen LogP contribution is -2.29. The quantitative estimate of drug-likeness (QED) is 0.811. The van der Waals surface area contributed by atoms with Gasteiger partial charge in [-0.25, -0.2) is 0 Å². The molecule has 0 fully saturated rings. The van der Waals surface area contributed by atoms with E-state index in [9.17, 15) is 4.79 Å². The SMILES string of the molecule is C=CC1=C(C)C(C)(C)c2[nH]c3ccccc3c2C1=O. The Bertz CT molecular complexity index is 744. The second kappa shape index (κ2) is 3.70. The van der Waals surface area contributed by atoms with Gasteiger partial charge in [0.15, 0.2) is 5.78 Å². The summed E-state index contributed by atoms with van der Waals surface area (Å²) in [6, 6.07) is 7.96. The van der Waals surface area contributed by atoms with Crippen LogP contribution < -0.4 is 0 Å². The van der Waals surface area contributed by atoms with Crippen molar-refractivity contribution in [1.82, 2.24) is 4.98 Å². The predicted molar refractivity (Wildman–Crippen MR) is 78.6 cm³/mol. The van der Waals surface area contributed by atoms with Crippen molar-refractivity contribution in [2.75, 3.05) is 0 Å². The van der Waals surface area contributed by atoms with Crippen molar-refractivity contribution in [3.63, 3.8) is 0 Å². The van der Waals surface area contributed by atoms with Crippen LogP contribution >= 0.6 is 0 Å².